The van der Waals surface area contributed by atoms with E-state index in [0.29, 0.717) is 0 Å². The van der Waals surface area contributed by atoms with Crippen molar-refractivity contribution in [1.29, 1.82) is 0 Å². The first-order chi connectivity index (χ1) is 13.1. The molecule has 2 aromatic carbocycles. The van der Waals surface area contributed by atoms with Gasteiger partial charge in [0.15, 0.2) is 0 Å². The van der Waals surface area contributed by atoms with Gasteiger partial charge in [0.2, 0.25) is 0 Å². The van der Waals surface area contributed by atoms with Crippen molar-refractivity contribution in [2.45, 2.75) is 40.3 Å². The third kappa shape index (κ3) is 9.36. The number of benzene rings is 2. The predicted molar refractivity (Wildman–Crippen MR) is 113 cm³/mol. The lowest BCUT2D eigenvalue weighted by Crippen LogP contribution is -2.32. The van der Waals surface area contributed by atoms with E-state index in [2.05, 4.69) is 93.1 Å². The molecule has 0 aliphatic carbocycles. The molecule has 1 N–H and O–H groups in total. The van der Waals surface area contributed by atoms with Gasteiger partial charge >= 0.3 is 0 Å². The van der Waals surface area contributed by atoms with E-state index in [4.69, 9.17) is 5.11 Å². The molecule has 0 heterocycles. The van der Waals surface area contributed by atoms with Crippen LogP contribution in [0.3, 0.4) is 0 Å². The Labute approximate surface area is 168 Å². The molecule has 2 aromatic rings. The molecule has 0 saturated heterocycles. The van der Waals surface area contributed by atoms with E-state index in [1.807, 2.05) is 6.08 Å². The summed E-state index contributed by atoms with van der Waals surface area (Å²) >= 11 is 0. The highest BCUT2D eigenvalue weighted by Gasteiger charge is 2.03. The van der Waals surface area contributed by atoms with Gasteiger partial charge in [0, 0.05) is 18.5 Å². The van der Waals surface area contributed by atoms with E-state index in [1.54, 1.807) is 0 Å². The summed E-state index contributed by atoms with van der Waals surface area (Å²) in [6, 6.07) is 15.1. The van der Waals surface area contributed by atoms with E-state index in [1.165, 1.54) is 16.3 Å². The zero-order chi connectivity index (χ0) is 21.2. The lowest BCUT2D eigenvalue weighted by Gasteiger charge is -2.15. The fraction of sp³-hybridized carbons (Fsp3) is 0.375. The van der Waals surface area contributed by atoms with Crippen LogP contribution in [0.2, 0.25) is 0 Å². The van der Waals surface area contributed by atoms with Crippen LogP contribution >= 0.6 is 0 Å². The van der Waals surface area contributed by atoms with Crippen molar-refractivity contribution in [2.75, 3.05) is 13.6 Å². The number of likely N-dealkylation sites (N-methyl/N-ethyl adjacent to an activating group) is 1. The second-order valence-electron chi connectivity index (χ2n) is 7.75. The van der Waals surface area contributed by atoms with Gasteiger partial charge < -0.3 is 15.0 Å². The Kier molecular flexibility index (Phi) is 9.44. The number of carbonyl (C=O) groups excluding carboxylic acids is 1. The first-order valence-electron chi connectivity index (χ1n) is 9.32. The van der Waals surface area contributed by atoms with Crippen LogP contribution < -0.4 is 5.11 Å². The smallest absolute Gasteiger partial charge is 0.0905 e. The number of fused-ring (bicyclic) bond motifs is 1. The number of carboxylic acid groups (broad SMARTS) is 1. The molecule has 28 heavy (non-hydrogen) atoms. The first-order valence-corrected chi connectivity index (χ1v) is 9.32. The van der Waals surface area contributed by atoms with Crippen molar-refractivity contribution < 1.29 is 15.0 Å². The molecule has 4 nitrogen and oxygen atoms in total. The Morgan fingerprint density at radius 3 is 2.43 bits per heavy atom. The molecule has 2 rings (SSSR count). The van der Waals surface area contributed by atoms with Crippen molar-refractivity contribution in [3.63, 3.8) is 0 Å². The number of aliphatic carboxylic acids is 1. The highest BCUT2D eigenvalue weighted by atomic mass is 16.4. The predicted octanol–water partition coefficient (Wildman–Crippen LogP) is 2.99. The number of nitrogens with zero attached hydrogens (tertiary/aromatic N) is 1. The number of aliphatic hydroxyl groups excluding tert-OH is 1. The molecular weight excluding hydrogens is 350 g/mol. The van der Waals surface area contributed by atoms with Crippen molar-refractivity contribution in [2.24, 2.45) is 5.41 Å². The van der Waals surface area contributed by atoms with Gasteiger partial charge in [-0.1, -0.05) is 60.4 Å². The highest BCUT2D eigenvalue weighted by molar-refractivity contribution is 5.85. The zero-order valence-corrected chi connectivity index (χ0v) is 17.4. The third-order valence-corrected chi connectivity index (χ3v) is 3.73. The van der Waals surface area contributed by atoms with Gasteiger partial charge in [-0.15, -0.1) is 0 Å². The summed E-state index contributed by atoms with van der Waals surface area (Å²) in [6.45, 7) is 9.36. The van der Waals surface area contributed by atoms with E-state index in [9.17, 15) is 9.90 Å². The van der Waals surface area contributed by atoms with Crippen LogP contribution in [0.1, 0.15) is 33.3 Å². The summed E-state index contributed by atoms with van der Waals surface area (Å²) in [5.41, 5.74) is 1.44. The van der Waals surface area contributed by atoms with Gasteiger partial charge in [0.25, 0.3) is 0 Å². The van der Waals surface area contributed by atoms with Crippen LogP contribution in [-0.4, -0.2) is 35.7 Å². The Hall–Kier alpha value is -2.61. The first kappa shape index (κ1) is 23.4. The molecule has 0 radical (unpaired) electrons. The molecule has 4 heteroatoms. The topological polar surface area (TPSA) is 63.6 Å². The van der Waals surface area contributed by atoms with Crippen LogP contribution in [0.5, 0.6) is 0 Å². The molecule has 0 aromatic heterocycles. The summed E-state index contributed by atoms with van der Waals surface area (Å²) in [6.07, 6.45) is 2.75. The molecule has 0 bridgehead atoms. The van der Waals surface area contributed by atoms with Crippen LogP contribution in [0.4, 0.5) is 0 Å². The molecule has 0 spiro atoms. The minimum atomic E-state index is -1.44. The maximum atomic E-state index is 9.34. The largest absolute Gasteiger partial charge is 0.547 e. The van der Waals surface area contributed by atoms with E-state index in [-0.39, 0.29) is 5.41 Å². The summed E-state index contributed by atoms with van der Waals surface area (Å²) in [5.74, 6) is 4.90. The van der Waals surface area contributed by atoms with Crippen LogP contribution in [0.15, 0.2) is 54.6 Å². The van der Waals surface area contributed by atoms with Gasteiger partial charge in [-0.2, -0.15) is 0 Å². The Morgan fingerprint density at radius 1 is 1.21 bits per heavy atom. The Morgan fingerprint density at radius 2 is 1.82 bits per heavy atom. The molecule has 0 aliphatic rings. The molecule has 0 amide bonds. The number of carboxylic acids is 1. The quantitative estimate of drug-likeness (QED) is 0.810. The Bertz CT molecular complexity index is 846. The van der Waals surface area contributed by atoms with Crippen molar-refractivity contribution >= 4 is 16.7 Å². The fourth-order valence-corrected chi connectivity index (χ4v) is 2.34. The molecular formula is C24H30NO3-. The van der Waals surface area contributed by atoms with Crippen LogP contribution in [0.25, 0.3) is 10.8 Å². The number of hydrogen-bond donors (Lipinski definition) is 1. The minimum absolute atomic E-state index is 0.0686. The van der Waals surface area contributed by atoms with Crippen molar-refractivity contribution in [3.05, 3.63) is 60.2 Å². The van der Waals surface area contributed by atoms with Gasteiger partial charge in [-0.3, -0.25) is 4.90 Å². The highest BCUT2D eigenvalue weighted by Crippen LogP contribution is 2.19. The summed E-state index contributed by atoms with van der Waals surface area (Å²) in [5, 5.41) is 20.0. The van der Waals surface area contributed by atoms with Crippen LogP contribution in [-0.2, 0) is 11.3 Å². The molecule has 1 unspecified atom stereocenters. The minimum Gasteiger partial charge on any atom is -0.547 e. The Balaban J connectivity index is 0.000000568. The zero-order valence-electron chi connectivity index (χ0n) is 17.4. The SMILES string of the molecule is CC(O)C(=O)[O-].CN(C/C=C/C#CC(C)(C)C)Cc1cccc2ccccc12. The van der Waals surface area contributed by atoms with Gasteiger partial charge in [-0.25, -0.2) is 0 Å². The van der Waals surface area contributed by atoms with Gasteiger partial charge in [-0.05, 0) is 57.2 Å². The van der Waals surface area contributed by atoms with E-state index in [0.717, 1.165) is 20.0 Å². The second-order valence-corrected chi connectivity index (χ2v) is 7.75. The average molecular weight is 381 g/mol. The number of carbonyl (C=O) groups is 1. The third-order valence-electron chi connectivity index (χ3n) is 3.73. The lowest BCUT2D eigenvalue weighted by atomic mass is 9.98. The number of hydrogen-bond acceptors (Lipinski definition) is 4. The number of aliphatic hydroxyl groups is 1. The summed E-state index contributed by atoms with van der Waals surface area (Å²) in [7, 11) is 2.14. The number of rotatable bonds is 5. The van der Waals surface area contributed by atoms with Crippen molar-refractivity contribution in [3.8, 4) is 11.8 Å². The normalized spacial score (nSPS) is 12.2. The fourth-order valence-electron chi connectivity index (χ4n) is 2.34. The van der Waals surface area contributed by atoms with Gasteiger partial charge in [0.1, 0.15) is 0 Å². The molecule has 0 saturated carbocycles. The van der Waals surface area contributed by atoms with Gasteiger partial charge in [0.05, 0.1) is 12.1 Å². The monoisotopic (exact) mass is 380 g/mol. The maximum absolute atomic E-state index is 9.34. The number of allylic oxidation sites excluding steroid dienone is 1. The van der Waals surface area contributed by atoms with E-state index >= 15 is 0 Å². The van der Waals surface area contributed by atoms with Crippen LogP contribution in [0, 0.1) is 17.3 Å². The average Bonchev–Trinajstić information content (AvgIpc) is 2.61. The lowest BCUT2D eigenvalue weighted by molar-refractivity contribution is -0.314. The molecule has 150 valence electrons. The second kappa shape index (κ2) is 11.3. The molecule has 0 fully saturated rings. The van der Waals surface area contributed by atoms with E-state index < -0.39 is 12.1 Å². The standard InChI is InChI=1S/C21H25N.C3H6O3/c1-21(2,3)15-8-5-9-16-22(4)17-19-13-10-12-18-11-6-7-14-20(18)19;1-2(4)3(5)6/h5-7,9-14H,16-17H2,1-4H3;2,4H,1H3,(H,5,6)/p-1/b9-5+;. The summed E-state index contributed by atoms with van der Waals surface area (Å²) in [4.78, 5) is 11.6. The summed E-state index contributed by atoms with van der Waals surface area (Å²) < 4.78 is 0. The maximum Gasteiger partial charge on any atom is 0.0905 e. The molecule has 1 atom stereocenters. The molecule has 0 aliphatic heterocycles. The van der Waals surface area contributed by atoms with Crippen molar-refractivity contribution in [1.82, 2.24) is 4.90 Å².